The molecule has 1 amide bonds. The number of aliphatic carboxylic acids is 1. The molecule has 1 heterocycles. The van der Waals surface area contributed by atoms with E-state index in [0.717, 1.165) is 10.0 Å². The predicted octanol–water partition coefficient (Wildman–Crippen LogP) is 1.51. The molecule has 1 aromatic rings. The van der Waals surface area contributed by atoms with Gasteiger partial charge in [-0.25, -0.2) is 4.79 Å². The number of likely N-dealkylation sites (tertiary alicyclic amines) is 1. The zero-order valence-corrected chi connectivity index (χ0v) is 12.2. The molecule has 0 saturated carbocycles. The van der Waals surface area contributed by atoms with Gasteiger partial charge in [0, 0.05) is 23.5 Å². The van der Waals surface area contributed by atoms with Crippen LogP contribution in [0.3, 0.4) is 0 Å². The van der Waals surface area contributed by atoms with E-state index in [1.807, 2.05) is 24.3 Å². The van der Waals surface area contributed by atoms with Crippen LogP contribution < -0.4 is 0 Å². The quantitative estimate of drug-likeness (QED) is 0.818. The molecule has 1 fully saturated rings. The second-order valence-corrected chi connectivity index (χ2v) is 5.44. The maximum atomic E-state index is 12.0. The van der Waals surface area contributed by atoms with E-state index in [4.69, 9.17) is 5.11 Å². The highest BCUT2D eigenvalue weighted by Gasteiger charge is 2.37. The van der Waals surface area contributed by atoms with Gasteiger partial charge in [0.2, 0.25) is 5.91 Å². The minimum atomic E-state index is -1.09. The molecule has 106 valence electrons. The van der Waals surface area contributed by atoms with Crippen molar-refractivity contribution in [1.29, 1.82) is 0 Å². The molecule has 0 aromatic heterocycles. The number of halogens is 1. The monoisotopic (exact) mass is 339 g/mol. The summed E-state index contributed by atoms with van der Waals surface area (Å²) in [5, 5.41) is 18.6. The molecule has 0 radical (unpaired) electrons. The van der Waals surface area contributed by atoms with Crippen LogP contribution in [0.2, 0.25) is 0 Å². The third kappa shape index (κ3) is 3.26. The minimum Gasteiger partial charge on any atom is -0.480 e. The van der Waals surface area contributed by atoms with Gasteiger partial charge in [-0.2, -0.15) is 0 Å². The van der Waals surface area contributed by atoms with Gasteiger partial charge in [0.05, 0.1) is 6.10 Å². The van der Waals surface area contributed by atoms with Crippen LogP contribution in [0.4, 0.5) is 0 Å². The van der Waals surface area contributed by atoms with Crippen LogP contribution in [0.25, 0.3) is 6.08 Å². The molecular formula is C14H14BrNO4. The van der Waals surface area contributed by atoms with Crippen molar-refractivity contribution in [2.24, 2.45) is 0 Å². The Morgan fingerprint density at radius 3 is 2.70 bits per heavy atom. The summed E-state index contributed by atoms with van der Waals surface area (Å²) in [7, 11) is 0. The Kier molecular flexibility index (Phi) is 4.57. The summed E-state index contributed by atoms with van der Waals surface area (Å²) >= 11 is 3.36. The van der Waals surface area contributed by atoms with Gasteiger partial charge in [-0.1, -0.05) is 34.1 Å². The molecular weight excluding hydrogens is 326 g/mol. The fourth-order valence-corrected chi connectivity index (χ4v) is 2.58. The van der Waals surface area contributed by atoms with E-state index in [2.05, 4.69) is 15.9 Å². The summed E-state index contributed by atoms with van der Waals surface area (Å²) in [5.74, 6) is -1.51. The van der Waals surface area contributed by atoms with E-state index in [-0.39, 0.29) is 13.0 Å². The van der Waals surface area contributed by atoms with Gasteiger partial charge in [-0.05, 0) is 17.7 Å². The third-order valence-corrected chi connectivity index (χ3v) is 3.88. The number of nitrogens with zero attached hydrogens (tertiary/aromatic N) is 1. The van der Waals surface area contributed by atoms with E-state index in [1.165, 1.54) is 11.0 Å². The van der Waals surface area contributed by atoms with Gasteiger partial charge in [0.25, 0.3) is 0 Å². The van der Waals surface area contributed by atoms with Gasteiger partial charge in [-0.15, -0.1) is 0 Å². The van der Waals surface area contributed by atoms with Gasteiger partial charge in [0.1, 0.15) is 6.04 Å². The van der Waals surface area contributed by atoms with Crippen molar-refractivity contribution < 1.29 is 19.8 Å². The fraction of sp³-hybridized carbons (Fsp3) is 0.286. The molecule has 1 aliphatic rings. The molecule has 0 bridgehead atoms. The molecule has 1 aliphatic heterocycles. The average Bonchev–Trinajstić information content (AvgIpc) is 2.80. The standard InChI is InChI=1S/C14H14BrNO4/c15-11-4-2-1-3-9(11)5-6-13(18)16-8-10(17)7-12(16)14(19)20/h1-6,10,12,17H,7-8H2,(H,19,20)/t10-,12-/m0/s1. The van der Waals surface area contributed by atoms with Crippen molar-refractivity contribution in [2.45, 2.75) is 18.6 Å². The maximum absolute atomic E-state index is 12.0. The molecule has 2 atom stereocenters. The lowest BCUT2D eigenvalue weighted by Gasteiger charge is -2.19. The molecule has 5 nitrogen and oxygen atoms in total. The topological polar surface area (TPSA) is 77.8 Å². The average molecular weight is 340 g/mol. The second-order valence-electron chi connectivity index (χ2n) is 4.59. The largest absolute Gasteiger partial charge is 0.480 e. The van der Waals surface area contributed by atoms with E-state index in [0.29, 0.717) is 0 Å². The first-order chi connectivity index (χ1) is 9.49. The first-order valence-corrected chi connectivity index (χ1v) is 6.92. The lowest BCUT2D eigenvalue weighted by Crippen LogP contribution is -2.39. The summed E-state index contributed by atoms with van der Waals surface area (Å²) in [6, 6.07) is 6.43. The number of β-amino-alcohol motifs (C(OH)–C–C–N with tert-alkyl or cyclic N) is 1. The van der Waals surface area contributed by atoms with Crippen LogP contribution in [0, 0.1) is 0 Å². The molecule has 2 rings (SSSR count). The highest BCUT2D eigenvalue weighted by Crippen LogP contribution is 2.20. The number of aliphatic hydroxyl groups is 1. The smallest absolute Gasteiger partial charge is 0.326 e. The molecule has 20 heavy (non-hydrogen) atoms. The molecule has 0 aliphatic carbocycles. The van der Waals surface area contributed by atoms with E-state index >= 15 is 0 Å². The zero-order chi connectivity index (χ0) is 14.7. The summed E-state index contributed by atoms with van der Waals surface area (Å²) < 4.78 is 0.847. The Bertz CT molecular complexity index is 558. The lowest BCUT2D eigenvalue weighted by atomic mass is 10.2. The Morgan fingerprint density at radius 1 is 1.35 bits per heavy atom. The number of carbonyl (C=O) groups excluding carboxylic acids is 1. The molecule has 6 heteroatoms. The summed E-state index contributed by atoms with van der Waals surface area (Å²) in [6.07, 6.45) is 2.24. The number of carboxylic acids is 1. The SMILES string of the molecule is O=C(O)[C@@H]1C[C@H](O)CN1C(=O)C=Cc1ccccc1Br. The number of hydrogen-bond donors (Lipinski definition) is 2. The summed E-state index contributed by atoms with van der Waals surface area (Å²) in [4.78, 5) is 24.3. The Morgan fingerprint density at radius 2 is 2.05 bits per heavy atom. The Balaban J connectivity index is 2.12. The van der Waals surface area contributed by atoms with Gasteiger partial charge in [0.15, 0.2) is 0 Å². The number of carboxylic acid groups (broad SMARTS) is 1. The second kappa shape index (κ2) is 6.19. The van der Waals surface area contributed by atoms with Crippen molar-refractivity contribution in [3.8, 4) is 0 Å². The van der Waals surface area contributed by atoms with Crippen molar-refractivity contribution in [3.05, 3.63) is 40.4 Å². The summed E-state index contributed by atoms with van der Waals surface area (Å²) in [6.45, 7) is 0.0517. The number of rotatable bonds is 3. The normalized spacial score (nSPS) is 22.4. The van der Waals surface area contributed by atoms with Crippen molar-refractivity contribution in [2.75, 3.05) is 6.54 Å². The molecule has 2 N–H and O–H groups in total. The molecule has 0 unspecified atom stereocenters. The van der Waals surface area contributed by atoms with Crippen LogP contribution in [0.15, 0.2) is 34.8 Å². The molecule has 0 spiro atoms. The zero-order valence-electron chi connectivity index (χ0n) is 10.6. The Labute approximate surface area is 124 Å². The third-order valence-electron chi connectivity index (χ3n) is 3.16. The molecule has 1 saturated heterocycles. The maximum Gasteiger partial charge on any atom is 0.326 e. The van der Waals surface area contributed by atoms with Crippen LogP contribution >= 0.6 is 15.9 Å². The number of amides is 1. The fourth-order valence-electron chi connectivity index (χ4n) is 2.16. The van der Waals surface area contributed by atoms with Crippen molar-refractivity contribution >= 4 is 33.9 Å². The Hall–Kier alpha value is -1.66. The lowest BCUT2D eigenvalue weighted by molar-refractivity contribution is -0.146. The number of hydrogen-bond acceptors (Lipinski definition) is 3. The van der Waals surface area contributed by atoms with Crippen molar-refractivity contribution in [3.63, 3.8) is 0 Å². The summed E-state index contributed by atoms with van der Waals surface area (Å²) in [5.41, 5.74) is 0.826. The van der Waals surface area contributed by atoms with Crippen molar-refractivity contribution in [1.82, 2.24) is 4.90 Å². The van der Waals surface area contributed by atoms with Crippen LogP contribution in [0.5, 0.6) is 0 Å². The van der Waals surface area contributed by atoms with Gasteiger partial charge < -0.3 is 15.1 Å². The number of carbonyl (C=O) groups is 2. The highest BCUT2D eigenvalue weighted by atomic mass is 79.9. The highest BCUT2D eigenvalue weighted by molar-refractivity contribution is 9.10. The predicted molar refractivity (Wildman–Crippen MR) is 76.9 cm³/mol. The van der Waals surface area contributed by atoms with Gasteiger partial charge >= 0.3 is 5.97 Å². The first kappa shape index (κ1) is 14.7. The van der Waals surface area contributed by atoms with Crippen LogP contribution in [0.1, 0.15) is 12.0 Å². The van der Waals surface area contributed by atoms with E-state index < -0.39 is 24.0 Å². The van der Waals surface area contributed by atoms with E-state index in [1.54, 1.807) is 6.08 Å². The number of benzene rings is 1. The van der Waals surface area contributed by atoms with Gasteiger partial charge in [-0.3, -0.25) is 4.79 Å². The van der Waals surface area contributed by atoms with E-state index in [9.17, 15) is 14.7 Å². The number of aliphatic hydroxyl groups excluding tert-OH is 1. The minimum absolute atomic E-state index is 0.0517. The van der Waals surface area contributed by atoms with Crippen LogP contribution in [-0.2, 0) is 9.59 Å². The van der Waals surface area contributed by atoms with Crippen LogP contribution in [-0.4, -0.2) is 45.7 Å². The molecule has 1 aromatic carbocycles. The first-order valence-electron chi connectivity index (χ1n) is 6.13.